The van der Waals surface area contributed by atoms with Crippen LogP contribution in [0.15, 0.2) is 18.2 Å². The van der Waals surface area contributed by atoms with Crippen LogP contribution in [0.25, 0.3) is 0 Å². The topological polar surface area (TPSA) is 29.1 Å². The Morgan fingerprint density at radius 1 is 1.50 bits per heavy atom. The third-order valence-corrected chi connectivity index (χ3v) is 3.43. The third kappa shape index (κ3) is 5.74. The lowest BCUT2D eigenvalue weighted by molar-refractivity contribution is -0.118. The van der Waals surface area contributed by atoms with Crippen LogP contribution in [0, 0.1) is 11.7 Å². The van der Waals surface area contributed by atoms with Gasteiger partial charge in [-0.1, -0.05) is 31.5 Å². The summed E-state index contributed by atoms with van der Waals surface area (Å²) in [6.07, 6.45) is 0. The van der Waals surface area contributed by atoms with Gasteiger partial charge in [0, 0.05) is 17.3 Å². The molecule has 0 aliphatic carbocycles. The first-order chi connectivity index (χ1) is 8.49. The van der Waals surface area contributed by atoms with E-state index in [1.165, 1.54) is 17.8 Å². The molecule has 1 N–H and O–H groups in total. The second-order valence-electron chi connectivity index (χ2n) is 4.43. The first-order valence-electron chi connectivity index (χ1n) is 5.77. The number of thioether (sulfide) groups is 1. The fourth-order valence-electron chi connectivity index (χ4n) is 1.26. The van der Waals surface area contributed by atoms with Crippen molar-refractivity contribution in [1.82, 2.24) is 5.32 Å². The lowest BCUT2D eigenvalue weighted by Crippen LogP contribution is -2.28. The van der Waals surface area contributed by atoms with Gasteiger partial charge in [0.25, 0.3) is 0 Å². The minimum atomic E-state index is -0.322. The van der Waals surface area contributed by atoms with Gasteiger partial charge in [0.1, 0.15) is 5.82 Å². The van der Waals surface area contributed by atoms with E-state index in [4.69, 9.17) is 11.6 Å². The summed E-state index contributed by atoms with van der Waals surface area (Å²) in [6, 6.07) is 4.59. The standard InChI is InChI=1S/C13H17ClFNOS/c1-9(2)6-16-13(17)8-18-7-10-3-4-11(14)5-12(10)15/h3-5,9H,6-8H2,1-2H3,(H,16,17). The van der Waals surface area contributed by atoms with E-state index in [1.807, 2.05) is 13.8 Å². The first kappa shape index (κ1) is 15.3. The Balaban J connectivity index is 2.31. The molecule has 0 aliphatic heterocycles. The van der Waals surface area contributed by atoms with Crippen molar-refractivity contribution < 1.29 is 9.18 Å². The number of nitrogens with one attached hydrogen (secondary N) is 1. The molecule has 0 radical (unpaired) electrons. The summed E-state index contributed by atoms with van der Waals surface area (Å²) >= 11 is 7.05. The summed E-state index contributed by atoms with van der Waals surface area (Å²) in [4.78, 5) is 11.4. The van der Waals surface area contributed by atoms with Crippen molar-refractivity contribution >= 4 is 29.3 Å². The Hall–Kier alpha value is -0.740. The molecule has 5 heteroatoms. The second-order valence-corrected chi connectivity index (χ2v) is 5.85. The number of halogens is 2. The van der Waals surface area contributed by atoms with Gasteiger partial charge in [-0.15, -0.1) is 11.8 Å². The smallest absolute Gasteiger partial charge is 0.230 e. The molecule has 0 saturated heterocycles. The summed E-state index contributed by atoms with van der Waals surface area (Å²) in [5.41, 5.74) is 0.570. The average Bonchev–Trinajstić information content (AvgIpc) is 2.29. The molecule has 0 atom stereocenters. The maximum Gasteiger partial charge on any atom is 0.230 e. The van der Waals surface area contributed by atoms with E-state index < -0.39 is 0 Å². The van der Waals surface area contributed by atoms with Gasteiger partial charge in [-0.2, -0.15) is 0 Å². The van der Waals surface area contributed by atoms with Crippen molar-refractivity contribution in [1.29, 1.82) is 0 Å². The lowest BCUT2D eigenvalue weighted by atomic mass is 10.2. The summed E-state index contributed by atoms with van der Waals surface area (Å²) < 4.78 is 13.4. The summed E-state index contributed by atoms with van der Waals surface area (Å²) in [5.74, 6) is 0.917. The van der Waals surface area contributed by atoms with E-state index in [0.29, 0.717) is 34.6 Å². The zero-order chi connectivity index (χ0) is 13.5. The van der Waals surface area contributed by atoms with Crippen molar-refractivity contribution in [3.05, 3.63) is 34.6 Å². The molecule has 1 rings (SSSR count). The highest BCUT2D eigenvalue weighted by molar-refractivity contribution is 7.99. The number of carbonyl (C=O) groups is 1. The Labute approximate surface area is 116 Å². The van der Waals surface area contributed by atoms with E-state index >= 15 is 0 Å². The van der Waals surface area contributed by atoms with Crippen LogP contribution in [0.1, 0.15) is 19.4 Å². The van der Waals surface area contributed by atoms with Crippen molar-refractivity contribution in [2.24, 2.45) is 5.92 Å². The molecular weight excluding hydrogens is 273 g/mol. The third-order valence-electron chi connectivity index (χ3n) is 2.21. The Bertz CT molecular complexity index is 412. The van der Waals surface area contributed by atoms with Crippen LogP contribution in [0.3, 0.4) is 0 Å². The molecule has 1 amide bonds. The molecule has 0 bridgehead atoms. The molecule has 0 saturated carbocycles. The van der Waals surface area contributed by atoms with Gasteiger partial charge >= 0.3 is 0 Å². The van der Waals surface area contributed by atoms with Crippen LogP contribution in [-0.2, 0) is 10.5 Å². The molecule has 100 valence electrons. The number of amides is 1. The number of rotatable bonds is 6. The van der Waals surface area contributed by atoms with Crippen molar-refractivity contribution in [3.8, 4) is 0 Å². The molecule has 0 aromatic heterocycles. The molecule has 0 heterocycles. The van der Waals surface area contributed by atoms with Crippen molar-refractivity contribution in [2.75, 3.05) is 12.3 Å². The predicted octanol–water partition coefficient (Wildman–Crippen LogP) is 3.48. The van der Waals surface area contributed by atoms with Crippen LogP contribution in [0.2, 0.25) is 5.02 Å². The van der Waals surface area contributed by atoms with Crippen molar-refractivity contribution in [3.63, 3.8) is 0 Å². The fourth-order valence-corrected chi connectivity index (χ4v) is 2.26. The largest absolute Gasteiger partial charge is 0.355 e. The van der Waals surface area contributed by atoms with Gasteiger partial charge in [-0.25, -0.2) is 4.39 Å². The van der Waals surface area contributed by atoms with E-state index in [0.717, 1.165) is 0 Å². The monoisotopic (exact) mass is 289 g/mol. The van der Waals surface area contributed by atoms with Gasteiger partial charge < -0.3 is 5.32 Å². The van der Waals surface area contributed by atoms with Crippen LogP contribution in [-0.4, -0.2) is 18.2 Å². The van der Waals surface area contributed by atoms with Crippen LogP contribution >= 0.6 is 23.4 Å². The van der Waals surface area contributed by atoms with Crippen LogP contribution in [0.5, 0.6) is 0 Å². The summed E-state index contributed by atoms with van der Waals surface area (Å²) in [6.45, 7) is 4.75. The van der Waals surface area contributed by atoms with Crippen molar-refractivity contribution in [2.45, 2.75) is 19.6 Å². The van der Waals surface area contributed by atoms with Gasteiger partial charge in [0.15, 0.2) is 0 Å². The van der Waals surface area contributed by atoms with Crippen LogP contribution < -0.4 is 5.32 Å². The quantitative estimate of drug-likeness (QED) is 0.869. The molecule has 1 aromatic rings. The molecule has 0 unspecified atom stereocenters. The number of hydrogen-bond donors (Lipinski definition) is 1. The van der Waals surface area contributed by atoms with E-state index in [9.17, 15) is 9.18 Å². The number of carbonyl (C=O) groups excluding carboxylic acids is 1. The normalized spacial score (nSPS) is 10.7. The first-order valence-corrected chi connectivity index (χ1v) is 7.30. The average molecular weight is 290 g/mol. The van der Waals surface area contributed by atoms with Gasteiger partial charge in [-0.3, -0.25) is 4.79 Å². The van der Waals surface area contributed by atoms with Gasteiger partial charge in [0.05, 0.1) is 5.75 Å². The zero-order valence-electron chi connectivity index (χ0n) is 10.5. The summed E-state index contributed by atoms with van der Waals surface area (Å²) in [5, 5.41) is 3.20. The molecule has 1 aromatic carbocycles. The maximum atomic E-state index is 13.4. The fraction of sp³-hybridized carbons (Fsp3) is 0.462. The van der Waals surface area contributed by atoms with E-state index in [2.05, 4.69) is 5.32 Å². The summed E-state index contributed by atoms with van der Waals surface area (Å²) in [7, 11) is 0. The molecular formula is C13H17ClFNOS. The SMILES string of the molecule is CC(C)CNC(=O)CSCc1ccc(Cl)cc1F. The van der Waals surface area contributed by atoms with Gasteiger partial charge in [0.2, 0.25) is 5.91 Å². The molecule has 2 nitrogen and oxygen atoms in total. The Morgan fingerprint density at radius 3 is 2.83 bits per heavy atom. The highest BCUT2D eigenvalue weighted by Gasteiger charge is 2.06. The highest BCUT2D eigenvalue weighted by Crippen LogP contribution is 2.19. The molecule has 18 heavy (non-hydrogen) atoms. The molecule has 0 fully saturated rings. The Kier molecular flexibility index (Phi) is 6.50. The molecule has 0 aliphatic rings. The number of benzene rings is 1. The van der Waals surface area contributed by atoms with E-state index in [-0.39, 0.29) is 11.7 Å². The van der Waals surface area contributed by atoms with Gasteiger partial charge in [-0.05, 0) is 23.6 Å². The minimum Gasteiger partial charge on any atom is -0.355 e. The maximum absolute atomic E-state index is 13.4. The predicted molar refractivity (Wildman–Crippen MR) is 75.4 cm³/mol. The number of hydrogen-bond acceptors (Lipinski definition) is 2. The zero-order valence-corrected chi connectivity index (χ0v) is 12.1. The minimum absolute atomic E-state index is 0.0110. The Morgan fingerprint density at radius 2 is 2.22 bits per heavy atom. The second kappa shape index (κ2) is 7.64. The lowest BCUT2D eigenvalue weighted by Gasteiger charge is -2.07. The highest BCUT2D eigenvalue weighted by atomic mass is 35.5. The van der Waals surface area contributed by atoms with Crippen LogP contribution in [0.4, 0.5) is 4.39 Å². The van der Waals surface area contributed by atoms with E-state index in [1.54, 1.807) is 12.1 Å². The molecule has 0 spiro atoms.